The van der Waals surface area contributed by atoms with Crippen LogP contribution in [0, 0.1) is 5.41 Å². The molecule has 3 heterocycles. The number of fused-ring (bicyclic) bond motifs is 1. The number of hydrogen-bond donors (Lipinski definition) is 3. The lowest BCUT2D eigenvalue weighted by Crippen LogP contribution is -2.60. The SMILES string of the molecule is CC1(C)CN(C(=O)NC(CCN(CCCCc2ccc3c(n2)NCCC3)CCOc2ccccc2)C(=O)O)C1. The van der Waals surface area contributed by atoms with E-state index < -0.39 is 12.0 Å². The highest BCUT2D eigenvalue weighted by molar-refractivity contribution is 5.83. The Morgan fingerprint density at radius 2 is 1.92 bits per heavy atom. The number of aliphatic carboxylic acids is 1. The molecular formula is C30H43N5O4. The summed E-state index contributed by atoms with van der Waals surface area (Å²) >= 11 is 0. The van der Waals surface area contributed by atoms with Gasteiger partial charge in [-0.1, -0.05) is 38.1 Å². The van der Waals surface area contributed by atoms with E-state index in [9.17, 15) is 14.7 Å². The number of aryl methyl sites for hydroxylation is 2. The van der Waals surface area contributed by atoms with Gasteiger partial charge in [0.05, 0.1) is 0 Å². The summed E-state index contributed by atoms with van der Waals surface area (Å²) in [5.41, 5.74) is 2.49. The number of amides is 2. The van der Waals surface area contributed by atoms with Crippen LogP contribution in [0.15, 0.2) is 42.5 Å². The normalized spacial score (nSPS) is 16.5. The number of benzene rings is 1. The van der Waals surface area contributed by atoms with Gasteiger partial charge in [-0.3, -0.25) is 4.90 Å². The van der Waals surface area contributed by atoms with Crippen molar-refractivity contribution in [3.8, 4) is 5.75 Å². The van der Waals surface area contributed by atoms with Crippen molar-refractivity contribution < 1.29 is 19.4 Å². The van der Waals surface area contributed by atoms with Crippen molar-refractivity contribution in [1.82, 2.24) is 20.1 Å². The van der Waals surface area contributed by atoms with E-state index in [1.165, 1.54) is 5.56 Å². The third kappa shape index (κ3) is 8.85. The lowest BCUT2D eigenvalue weighted by atomic mass is 9.85. The van der Waals surface area contributed by atoms with Crippen LogP contribution in [0.4, 0.5) is 10.6 Å². The zero-order chi connectivity index (χ0) is 27.7. The van der Waals surface area contributed by atoms with Gasteiger partial charge < -0.3 is 25.4 Å². The Balaban J connectivity index is 1.26. The Morgan fingerprint density at radius 1 is 1.13 bits per heavy atom. The highest BCUT2D eigenvalue weighted by atomic mass is 16.5. The number of para-hydroxylation sites is 1. The quantitative estimate of drug-likeness (QED) is 0.312. The summed E-state index contributed by atoms with van der Waals surface area (Å²) in [6, 6.07) is 12.8. The van der Waals surface area contributed by atoms with Crippen LogP contribution >= 0.6 is 0 Å². The standard InChI is InChI=1S/C30H43N5O4/c1-30(2)21-35(22-30)29(38)33-26(28(36)37)15-18-34(19-20-39-25-11-4-3-5-12-25)17-7-6-10-24-14-13-23-9-8-16-31-27(23)32-24/h3-5,11-14,26H,6-10,15-22H2,1-2H3,(H,31,32)(H,33,38)(H,36,37). The van der Waals surface area contributed by atoms with E-state index in [1.54, 1.807) is 4.90 Å². The zero-order valence-corrected chi connectivity index (χ0v) is 23.3. The summed E-state index contributed by atoms with van der Waals surface area (Å²) in [5, 5.41) is 15.9. The molecule has 0 bridgehead atoms. The molecule has 1 unspecified atom stereocenters. The second-order valence-corrected chi connectivity index (χ2v) is 11.5. The van der Waals surface area contributed by atoms with E-state index in [4.69, 9.17) is 9.72 Å². The van der Waals surface area contributed by atoms with Crippen LogP contribution in [-0.4, -0.2) is 83.8 Å². The van der Waals surface area contributed by atoms with Crippen molar-refractivity contribution in [2.24, 2.45) is 5.41 Å². The van der Waals surface area contributed by atoms with E-state index in [0.29, 0.717) is 39.2 Å². The van der Waals surface area contributed by atoms with Gasteiger partial charge >= 0.3 is 12.0 Å². The van der Waals surface area contributed by atoms with Gasteiger partial charge in [-0.05, 0) is 68.8 Å². The molecule has 212 valence electrons. The molecule has 2 amide bonds. The van der Waals surface area contributed by atoms with E-state index >= 15 is 0 Å². The smallest absolute Gasteiger partial charge is 0.326 e. The number of likely N-dealkylation sites (tertiary alicyclic amines) is 1. The minimum atomic E-state index is -1.00. The van der Waals surface area contributed by atoms with Crippen LogP contribution in [-0.2, 0) is 17.6 Å². The van der Waals surface area contributed by atoms with E-state index in [1.807, 2.05) is 30.3 Å². The predicted molar refractivity (Wildman–Crippen MR) is 152 cm³/mol. The minimum Gasteiger partial charge on any atom is -0.492 e. The van der Waals surface area contributed by atoms with Gasteiger partial charge in [0.25, 0.3) is 0 Å². The van der Waals surface area contributed by atoms with Crippen LogP contribution in [0.1, 0.15) is 50.8 Å². The monoisotopic (exact) mass is 537 g/mol. The summed E-state index contributed by atoms with van der Waals surface area (Å²) in [7, 11) is 0. The third-order valence-corrected chi connectivity index (χ3v) is 7.38. The fourth-order valence-electron chi connectivity index (χ4n) is 5.23. The summed E-state index contributed by atoms with van der Waals surface area (Å²) < 4.78 is 5.91. The van der Waals surface area contributed by atoms with Crippen molar-refractivity contribution >= 4 is 17.8 Å². The van der Waals surface area contributed by atoms with Crippen molar-refractivity contribution in [1.29, 1.82) is 0 Å². The number of rotatable bonds is 14. The largest absolute Gasteiger partial charge is 0.492 e. The first-order valence-corrected chi connectivity index (χ1v) is 14.2. The molecule has 1 saturated heterocycles. The number of ether oxygens (including phenoxy) is 1. The van der Waals surface area contributed by atoms with E-state index in [-0.39, 0.29) is 11.4 Å². The third-order valence-electron chi connectivity index (χ3n) is 7.38. The maximum Gasteiger partial charge on any atom is 0.326 e. The maximum absolute atomic E-state index is 12.5. The van der Waals surface area contributed by atoms with Gasteiger partial charge in [-0.15, -0.1) is 0 Å². The number of pyridine rings is 1. The summed E-state index contributed by atoms with van der Waals surface area (Å²) in [4.78, 5) is 33.2. The van der Waals surface area contributed by atoms with Crippen LogP contribution in [0.2, 0.25) is 0 Å². The first-order chi connectivity index (χ1) is 18.8. The maximum atomic E-state index is 12.5. The van der Waals surface area contributed by atoms with Crippen LogP contribution in [0.5, 0.6) is 5.75 Å². The lowest BCUT2D eigenvalue weighted by molar-refractivity contribution is -0.139. The van der Waals surface area contributed by atoms with E-state index in [2.05, 4.69) is 41.5 Å². The number of carboxylic acids is 1. The average molecular weight is 538 g/mol. The minimum absolute atomic E-state index is 0.0940. The molecule has 2 aromatic rings. The van der Waals surface area contributed by atoms with Gasteiger partial charge in [0.1, 0.15) is 24.2 Å². The number of urea groups is 1. The Morgan fingerprint density at radius 3 is 2.67 bits per heavy atom. The molecule has 3 N–H and O–H groups in total. The van der Waals surface area contributed by atoms with Crippen molar-refractivity contribution in [2.75, 3.05) is 51.2 Å². The van der Waals surface area contributed by atoms with E-state index in [0.717, 1.165) is 62.5 Å². The summed E-state index contributed by atoms with van der Waals surface area (Å²) in [5.74, 6) is 0.843. The topological polar surface area (TPSA) is 107 Å². The molecule has 1 fully saturated rings. The number of carboxylic acid groups (broad SMARTS) is 1. The molecule has 2 aliphatic rings. The summed E-state index contributed by atoms with van der Waals surface area (Å²) in [6.07, 6.45) is 5.44. The number of aromatic nitrogens is 1. The molecule has 0 radical (unpaired) electrons. The Labute approximate surface area is 231 Å². The highest BCUT2D eigenvalue weighted by Crippen LogP contribution is 2.28. The number of anilines is 1. The number of nitrogens with zero attached hydrogens (tertiary/aromatic N) is 3. The van der Waals surface area contributed by atoms with Gasteiger partial charge in [-0.2, -0.15) is 0 Å². The second kappa shape index (κ2) is 13.6. The molecule has 39 heavy (non-hydrogen) atoms. The second-order valence-electron chi connectivity index (χ2n) is 11.5. The first-order valence-electron chi connectivity index (χ1n) is 14.2. The Bertz CT molecular complexity index is 1090. The molecule has 0 spiro atoms. The summed E-state index contributed by atoms with van der Waals surface area (Å²) in [6.45, 7) is 9.03. The van der Waals surface area contributed by atoms with Gasteiger partial charge in [0.15, 0.2) is 0 Å². The van der Waals surface area contributed by atoms with Crippen LogP contribution in [0.3, 0.4) is 0 Å². The van der Waals surface area contributed by atoms with Crippen molar-refractivity contribution in [2.45, 2.75) is 58.4 Å². The number of carbonyl (C=O) groups is 2. The van der Waals surface area contributed by atoms with Crippen molar-refractivity contribution in [3.05, 3.63) is 53.7 Å². The predicted octanol–water partition coefficient (Wildman–Crippen LogP) is 4.04. The molecule has 0 aliphatic carbocycles. The Kier molecular flexibility index (Phi) is 10.0. The molecular weight excluding hydrogens is 494 g/mol. The van der Waals surface area contributed by atoms with Crippen molar-refractivity contribution in [3.63, 3.8) is 0 Å². The highest BCUT2D eigenvalue weighted by Gasteiger charge is 2.38. The number of unbranched alkanes of at least 4 members (excludes halogenated alkanes) is 1. The van der Waals surface area contributed by atoms with Gasteiger partial charge in [0, 0.05) is 43.8 Å². The number of nitrogens with one attached hydrogen (secondary N) is 2. The molecule has 0 saturated carbocycles. The zero-order valence-electron chi connectivity index (χ0n) is 23.3. The lowest BCUT2D eigenvalue weighted by Gasteiger charge is -2.45. The molecule has 1 atom stereocenters. The Hall–Kier alpha value is -3.33. The van der Waals surface area contributed by atoms with Crippen LogP contribution in [0.25, 0.3) is 0 Å². The molecule has 2 aliphatic heterocycles. The number of hydrogen-bond acceptors (Lipinski definition) is 6. The molecule has 9 heteroatoms. The fraction of sp³-hybridized carbons (Fsp3) is 0.567. The molecule has 4 rings (SSSR count). The molecule has 1 aromatic heterocycles. The fourth-order valence-corrected chi connectivity index (χ4v) is 5.23. The first kappa shape index (κ1) is 28.7. The van der Waals surface area contributed by atoms with Gasteiger partial charge in [-0.25, -0.2) is 14.6 Å². The van der Waals surface area contributed by atoms with Gasteiger partial charge in [0.2, 0.25) is 0 Å². The van der Waals surface area contributed by atoms with Crippen LogP contribution < -0.4 is 15.4 Å². The molecule has 1 aromatic carbocycles. The number of carbonyl (C=O) groups excluding carboxylic acids is 1. The molecule has 9 nitrogen and oxygen atoms in total. The average Bonchev–Trinajstić information content (AvgIpc) is 2.91.